The molecule has 2 saturated heterocycles. The second kappa shape index (κ2) is 17.6. The first-order valence-corrected chi connectivity index (χ1v) is 23.9. The van der Waals surface area contributed by atoms with Gasteiger partial charge in [0.1, 0.15) is 22.8 Å². The molecule has 2 aliphatic heterocycles. The molecule has 8 rings (SSSR count). The molecule has 1 saturated carbocycles. The zero-order valence-corrected chi connectivity index (χ0v) is 38.4. The van der Waals surface area contributed by atoms with E-state index in [0.717, 1.165) is 58.7 Å². The second-order valence-corrected chi connectivity index (χ2v) is 20.3. The van der Waals surface area contributed by atoms with E-state index in [4.69, 9.17) is 31.7 Å². The number of fused-ring (bicyclic) bond motifs is 1. The van der Waals surface area contributed by atoms with E-state index in [-0.39, 0.29) is 28.1 Å². The predicted octanol–water partition coefficient (Wildman–Crippen LogP) is 8.32. The SMILES string of the molecule is C[C@@H]1COCCN1c1cc(C2(S(C)(=N)=O)CC2)nc(-c2ccnc3c2ccn3CCCCCCNC(=O)c2ccc(N3C(=S)N(c4ccc(C#N)c(C(F)(F)F)c4)C(=O)C3(C)C)cc2F)n1. The summed E-state index contributed by atoms with van der Waals surface area (Å²) < 4.78 is 85.5. The zero-order chi connectivity index (χ0) is 47.3. The number of aromatic nitrogens is 4. The molecule has 1 unspecified atom stereocenters. The van der Waals surface area contributed by atoms with E-state index >= 15 is 4.39 Å². The average molecular weight is 945 g/mol. The van der Waals surface area contributed by atoms with Crippen LogP contribution in [0.2, 0.25) is 0 Å². The molecular formula is C46H48F4N10O4S2. The van der Waals surface area contributed by atoms with Gasteiger partial charge in [-0.2, -0.15) is 18.4 Å². The van der Waals surface area contributed by atoms with Gasteiger partial charge in [-0.05, 0) is 107 Å². The van der Waals surface area contributed by atoms with Gasteiger partial charge in [0.2, 0.25) is 0 Å². The Morgan fingerprint density at radius 1 is 1.06 bits per heavy atom. The summed E-state index contributed by atoms with van der Waals surface area (Å²) in [4.78, 5) is 45.7. The van der Waals surface area contributed by atoms with Crippen LogP contribution in [0.25, 0.3) is 22.4 Å². The molecule has 5 heterocycles. The number of anilines is 3. The Labute approximate surface area is 384 Å². The van der Waals surface area contributed by atoms with Crippen molar-refractivity contribution in [1.82, 2.24) is 24.8 Å². The van der Waals surface area contributed by atoms with Crippen LogP contribution < -0.4 is 20.0 Å². The number of alkyl halides is 3. The van der Waals surface area contributed by atoms with Crippen LogP contribution in [0, 0.1) is 21.9 Å². The van der Waals surface area contributed by atoms with Crippen molar-refractivity contribution < 1.29 is 36.1 Å². The number of nitriles is 1. The van der Waals surface area contributed by atoms with Gasteiger partial charge < -0.3 is 24.4 Å². The minimum absolute atomic E-state index is 0.0797. The third-order valence-electron chi connectivity index (χ3n) is 12.6. The molecular weight excluding hydrogens is 897 g/mol. The Balaban J connectivity index is 0.871. The largest absolute Gasteiger partial charge is 0.417 e. The third kappa shape index (κ3) is 8.59. The molecule has 14 nitrogen and oxygen atoms in total. The summed E-state index contributed by atoms with van der Waals surface area (Å²) >= 11 is 5.55. The van der Waals surface area contributed by atoms with E-state index in [9.17, 15) is 32.2 Å². The van der Waals surface area contributed by atoms with E-state index in [1.165, 1.54) is 49.3 Å². The van der Waals surface area contributed by atoms with Gasteiger partial charge in [0.05, 0.1) is 67.9 Å². The second-order valence-electron chi connectivity index (χ2n) is 17.5. The lowest BCUT2D eigenvalue weighted by Crippen LogP contribution is -2.44. The molecule has 5 aromatic rings. The lowest BCUT2D eigenvalue weighted by Gasteiger charge is -2.35. The Kier molecular flexibility index (Phi) is 12.4. The molecule has 0 bridgehead atoms. The highest BCUT2D eigenvalue weighted by atomic mass is 32.2. The topological polar surface area (TPSA) is 173 Å². The average Bonchev–Trinajstić information content (AvgIpc) is 3.97. The van der Waals surface area contributed by atoms with Gasteiger partial charge >= 0.3 is 6.18 Å². The van der Waals surface area contributed by atoms with Crippen molar-refractivity contribution in [2.45, 2.75) is 88.3 Å². The van der Waals surface area contributed by atoms with Crippen molar-refractivity contribution in [2.75, 3.05) is 47.3 Å². The first-order valence-electron chi connectivity index (χ1n) is 21.6. The summed E-state index contributed by atoms with van der Waals surface area (Å²) in [5.74, 6) is -0.946. The molecule has 3 aliphatic rings. The summed E-state index contributed by atoms with van der Waals surface area (Å²) in [6, 6.07) is 14.0. The number of thiocarbonyl (C=S) groups is 1. The van der Waals surface area contributed by atoms with Crippen molar-refractivity contribution in [3.8, 4) is 17.5 Å². The maximum Gasteiger partial charge on any atom is 0.417 e. The maximum atomic E-state index is 15.6. The van der Waals surface area contributed by atoms with E-state index in [0.29, 0.717) is 69.7 Å². The van der Waals surface area contributed by atoms with Crippen LogP contribution in [-0.4, -0.2) is 84.8 Å². The first-order chi connectivity index (χ1) is 31.3. The fourth-order valence-corrected chi connectivity index (χ4v) is 10.7. The Morgan fingerprint density at radius 2 is 1.80 bits per heavy atom. The van der Waals surface area contributed by atoms with Crippen LogP contribution in [0.4, 0.5) is 34.8 Å². The molecule has 66 heavy (non-hydrogen) atoms. The van der Waals surface area contributed by atoms with Crippen LogP contribution in [0.1, 0.15) is 86.5 Å². The molecule has 3 aromatic heterocycles. The Morgan fingerprint density at radius 3 is 2.48 bits per heavy atom. The Bertz CT molecular complexity index is 2910. The van der Waals surface area contributed by atoms with Gasteiger partial charge in [0, 0.05) is 61.0 Å². The number of nitrogens with zero attached hydrogens (tertiary/aromatic N) is 8. The highest BCUT2D eigenvalue weighted by molar-refractivity contribution is 7.93. The van der Waals surface area contributed by atoms with Crippen LogP contribution in [0.5, 0.6) is 0 Å². The van der Waals surface area contributed by atoms with Crippen LogP contribution >= 0.6 is 12.2 Å². The van der Waals surface area contributed by atoms with Crippen molar-refractivity contribution in [3.63, 3.8) is 0 Å². The van der Waals surface area contributed by atoms with Gasteiger partial charge in [-0.15, -0.1) is 0 Å². The summed E-state index contributed by atoms with van der Waals surface area (Å²) in [5.41, 5.74) is -1.37. The fourth-order valence-electron chi connectivity index (χ4n) is 8.77. The molecule has 0 radical (unpaired) electrons. The highest BCUT2D eigenvalue weighted by Crippen LogP contribution is 2.53. The minimum atomic E-state index is -4.86. The van der Waals surface area contributed by atoms with E-state index in [2.05, 4.69) is 26.7 Å². The lowest BCUT2D eigenvalue weighted by molar-refractivity contribution is -0.137. The first kappa shape index (κ1) is 46.5. The van der Waals surface area contributed by atoms with Crippen molar-refractivity contribution in [3.05, 3.63) is 95.2 Å². The van der Waals surface area contributed by atoms with Gasteiger partial charge in [0.25, 0.3) is 11.8 Å². The van der Waals surface area contributed by atoms with Gasteiger partial charge in [-0.3, -0.25) is 19.3 Å². The van der Waals surface area contributed by atoms with Crippen molar-refractivity contribution >= 4 is 67.1 Å². The molecule has 2 N–H and O–H groups in total. The molecule has 2 aromatic carbocycles. The summed E-state index contributed by atoms with van der Waals surface area (Å²) in [6.45, 7) is 7.83. The number of benzene rings is 2. The number of halogens is 4. The van der Waals surface area contributed by atoms with Crippen LogP contribution in [0.3, 0.4) is 0 Å². The van der Waals surface area contributed by atoms with Gasteiger partial charge in [-0.1, -0.05) is 12.8 Å². The number of ether oxygens (including phenoxy) is 1. The number of carbonyl (C=O) groups excluding carboxylic acids is 2. The lowest BCUT2D eigenvalue weighted by atomic mass is 10.0. The minimum Gasteiger partial charge on any atom is -0.377 e. The maximum absolute atomic E-state index is 15.6. The number of unbranched alkanes of at least 4 members (excludes halogenated alkanes) is 3. The summed E-state index contributed by atoms with van der Waals surface area (Å²) in [7, 11) is -2.93. The monoisotopic (exact) mass is 944 g/mol. The summed E-state index contributed by atoms with van der Waals surface area (Å²) in [6.07, 6.45) is 4.71. The Hall–Kier alpha value is -6.04. The predicted molar refractivity (Wildman–Crippen MR) is 246 cm³/mol. The third-order valence-corrected chi connectivity index (χ3v) is 15.1. The molecule has 0 spiro atoms. The van der Waals surface area contributed by atoms with Crippen LogP contribution in [-0.2, 0) is 36.7 Å². The zero-order valence-electron chi connectivity index (χ0n) is 36.7. The number of carbonyl (C=O) groups is 2. The molecule has 20 heteroatoms. The van der Waals surface area contributed by atoms with Crippen LogP contribution in [0.15, 0.2) is 67.0 Å². The number of hydrogen-bond donors (Lipinski definition) is 2. The molecule has 1 aliphatic carbocycles. The van der Waals surface area contributed by atoms with E-state index < -0.39 is 54.9 Å². The number of hydrogen-bond acceptors (Lipinski definition) is 11. The summed E-state index contributed by atoms with van der Waals surface area (Å²) in [5, 5.41) is 12.6. The van der Waals surface area contributed by atoms with Gasteiger partial charge in [0.15, 0.2) is 10.9 Å². The number of amides is 2. The van der Waals surface area contributed by atoms with Gasteiger partial charge in [-0.25, -0.2) is 23.6 Å². The number of morpholine rings is 1. The number of rotatable bonds is 14. The standard InChI is InChI=1S/C46H48F4N10O4S2/c1-28-27-64-22-21-58(28)38-25-37(45(15-16-45)66(4,52)63)55-39(56-38)32-13-18-53-40-33(32)14-20-57(40)19-8-6-5-7-17-54-41(61)34-12-11-31(24-36(34)47)60-43(65)59(42(62)44(60,2)3)30-10-9-29(26-51)35(23-30)46(48,49)50/h9-14,18,20,23-25,28,52H,5-8,15-17,19,21-22,27H2,1-4H3,(H,54,61)/t28-,66?/m1/s1. The quantitative estimate of drug-likeness (QED) is 0.0623. The number of pyridine rings is 1. The van der Waals surface area contributed by atoms with E-state index in [1.807, 2.05) is 24.4 Å². The molecule has 2 amide bonds. The van der Waals surface area contributed by atoms with Crippen molar-refractivity contribution in [1.29, 1.82) is 10.0 Å². The molecule has 2 atom stereocenters. The normalized spacial score (nSPS) is 19.0. The molecule has 346 valence electrons. The molecule has 3 fully saturated rings. The number of nitrogens with one attached hydrogen (secondary N) is 2. The van der Waals surface area contributed by atoms with E-state index in [1.54, 1.807) is 6.20 Å². The fraction of sp³-hybridized carbons (Fsp3) is 0.413. The number of aryl methyl sites for hydroxylation is 1. The smallest absolute Gasteiger partial charge is 0.377 e. The highest BCUT2D eigenvalue weighted by Gasteiger charge is 2.53. The van der Waals surface area contributed by atoms with Crippen molar-refractivity contribution in [2.24, 2.45) is 0 Å².